The van der Waals surface area contributed by atoms with Crippen LogP contribution >= 0.6 is 15.9 Å². The van der Waals surface area contributed by atoms with Gasteiger partial charge in [0.1, 0.15) is 5.69 Å². The van der Waals surface area contributed by atoms with Gasteiger partial charge >= 0.3 is 5.97 Å². The topological polar surface area (TPSA) is 80.9 Å². The minimum absolute atomic E-state index is 0.0271. The van der Waals surface area contributed by atoms with E-state index < -0.39 is 5.97 Å². The van der Waals surface area contributed by atoms with Crippen molar-refractivity contribution in [1.29, 1.82) is 0 Å². The third-order valence-electron chi connectivity index (χ3n) is 2.29. The van der Waals surface area contributed by atoms with E-state index in [-0.39, 0.29) is 11.4 Å². The number of rotatable bonds is 2. The van der Waals surface area contributed by atoms with E-state index in [1.165, 1.54) is 11.7 Å². The maximum Gasteiger partial charge on any atom is 0.356 e. The lowest BCUT2D eigenvalue weighted by Gasteiger charge is -2.01. The molecule has 0 saturated carbocycles. The number of aromatic carboxylic acids is 1. The van der Waals surface area contributed by atoms with E-state index in [2.05, 4.69) is 31.2 Å². The molecule has 0 fully saturated rings. The highest BCUT2D eigenvalue weighted by Crippen LogP contribution is 2.22. The zero-order valence-corrected chi connectivity index (χ0v) is 10.8. The van der Waals surface area contributed by atoms with E-state index in [9.17, 15) is 4.79 Å². The van der Waals surface area contributed by atoms with Gasteiger partial charge in [-0.25, -0.2) is 9.48 Å². The Morgan fingerprint density at radius 1 is 1.47 bits per heavy atom. The van der Waals surface area contributed by atoms with Crippen molar-refractivity contribution in [3.8, 4) is 11.4 Å². The van der Waals surface area contributed by atoms with Crippen LogP contribution in [0.1, 0.15) is 16.2 Å². The number of halogens is 1. The van der Waals surface area contributed by atoms with Crippen molar-refractivity contribution >= 4 is 21.9 Å². The average molecular weight is 297 g/mol. The molecule has 0 spiro atoms. The van der Waals surface area contributed by atoms with Crippen LogP contribution in [0.5, 0.6) is 0 Å². The van der Waals surface area contributed by atoms with Crippen LogP contribution in [0.25, 0.3) is 11.4 Å². The summed E-state index contributed by atoms with van der Waals surface area (Å²) in [7, 11) is 1.53. The smallest absolute Gasteiger partial charge is 0.356 e. The molecule has 17 heavy (non-hydrogen) atoms. The molecular weight excluding hydrogens is 288 g/mol. The number of carboxylic acids is 1. The van der Waals surface area contributed by atoms with E-state index in [1.807, 2.05) is 6.92 Å². The third-order valence-corrected chi connectivity index (χ3v) is 3.13. The number of nitrogens with zero attached hydrogens (tertiary/aromatic N) is 4. The van der Waals surface area contributed by atoms with Crippen molar-refractivity contribution in [2.24, 2.45) is 7.05 Å². The first-order chi connectivity index (χ1) is 8.00. The van der Waals surface area contributed by atoms with Crippen LogP contribution in [0.3, 0.4) is 0 Å². The molecule has 0 aromatic carbocycles. The lowest BCUT2D eigenvalue weighted by Crippen LogP contribution is -2.07. The molecule has 2 aromatic heterocycles. The summed E-state index contributed by atoms with van der Waals surface area (Å²) in [5, 5.41) is 16.6. The Morgan fingerprint density at radius 2 is 2.18 bits per heavy atom. The molecule has 0 saturated heterocycles. The van der Waals surface area contributed by atoms with Crippen molar-refractivity contribution in [3.05, 3.63) is 28.0 Å². The van der Waals surface area contributed by atoms with Gasteiger partial charge in [0.25, 0.3) is 0 Å². The second-order valence-corrected chi connectivity index (χ2v) is 4.33. The predicted octanol–water partition coefficient (Wildman–Crippen LogP) is 1.65. The summed E-state index contributed by atoms with van der Waals surface area (Å²) in [4.78, 5) is 15.4. The summed E-state index contributed by atoms with van der Waals surface area (Å²) < 4.78 is 2.08. The molecule has 6 nitrogen and oxygen atoms in total. The van der Waals surface area contributed by atoms with E-state index in [0.29, 0.717) is 5.69 Å². The Kier molecular flexibility index (Phi) is 2.93. The van der Waals surface area contributed by atoms with Crippen LogP contribution < -0.4 is 0 Å². The van der Waals surface area contributed by atoms with E-state index >= 15 is 0 Å². The Balaban J connectivity index is 2.60. The molecule has 0 aliphatic rings. The lowest BCUT2D eigenvalue weighted by atomic mass is 10.2. The molecule has 0 atom stereocenters. The van der Waals surface area contributed by atoms with Crippen LogP contribution in [-0.4, -0.2) is 31.1 Å². The highest BCUT2D eigenvalue weighted by molar-refractivity contribution is 9.10. The zero-order valence-electron chi connectivity index (χ0n) is 9.18. The molecule has 7 heteroatoms. The van der Waals surface area contributed by atoms with Gasteiger partial charge in [-0.05, 0) is 35.0 Å². The minimum Gasteiger partial charge on any atom is -0.476 e. The Morgan fingerprint density at radius 3 is 2.76 bits per heavy atom. The fraction of sp³-hybridized carbons (Fsp3) is 0.200. The minimum atomic E-state index is -1.07. The van der Waals surface area contributed by atoms with Crippen molar-refractivity contribution in [2.75, 3.05) is 0 Å². The first-order valence-electron chi connectivity index (χ1n) is 4.77. The number of hydrogen-bond donors (Lipinski definition) is 1. The van der Waals surface area contributed by atoms with E-state index in [4.69, 9.17) is 5.11 Å². The molecule has 0 unspecified atom stereocenters. The number of pyridine rings is 1. The summed E-state index contributed by atoms with van der Waals surface area (Å²) in [6.07, 6.45) is 0. The van der Waals surface area contributed by atoms with Gasteiger partial charge in [0.15, 0.2) is 5.69 Å². The molecular formula is C10H9BrN4O2. The van der Waals surface area contributed by atoms with Gasteiger partial charge in [-0.3, -0.25) is 4.98 Å². The van der Waals surface area contributed by atoms with Crippen molar-refractivity contribution < 1.29 is 9.90 Å². The molecule has 2 rings (SSSR count). The van der Waals surface area contributed by atoms with Crippen LogP contribution in [0.2, 0.25) is 0 Å². The van der Waals surface area contributed by atoms with Gasteiger partial charge < -0.3 is 5.11 Å². The van der Waals surface area contributed by atoms with E-state index in [0.717, 1.165) is 10.2 Å². The van der Waals surface area contributed by atoms with Gasteiger partial charge in [0.05, 0.1) is 11.4 Å². The summed E-state index contributed by atoms with van der Waals surface area (Å²) in [6, 6.07) is 3.51. The van der Waals surface area contributed by atoms with Crippen molar-refractivity contribution in [1.82, 2.24) is 20.0 Å². The summed E-state index contributed by atoms with van der Waals surface area (Å²) in [6.45, 7) is 1.82. The summed E-state index contributed by atoms with van der Waals surface area (Å²) in [5.74, 6) is -1.07. The van der Waals surface area contributed by atoms with Gasteiger partial charge in [-0.1, -0.05) is 5.21 Å². The normalized spacial score (nSPS) is 10.5. The summed E-state index contributed by atoms with van der Waals surface area (Å²) >= 11 is 3.33. The number of hydrogen-bond acceptors (Lipinski definition) is 4. The molecule has 0 radical (unpaired) electrons. The van der Waals surface area contributed by atoms with Crippen LogP contribution in [-0.2, 0) is 7.05 Å². The van der Waals surface area contributed by atoms with Gasteiger partial charge in [-0.2, -0.15) is 0 Å². The first kappa shape index (κ1) is 11.7. The zero-order chi connectivity index (χ0) is 12.6. The number of aryl methyl sites for hydroxylation is 2. The SMILES string of the molecule is Cc1nc(-c2nnn(C)c2C(=O)O)ccc1Br. The molecule has 88 valence electrons. The van der Waals surface area contributed by atoms with Gasteiger partial charge in [0.2, 0.25) is 0 Å². The Bertz CT molecular complexity index is 594. The Hall–Kier alpha value is -1.76. The number of carboxylic acid groups (broad SMARTS) is 1. The second kappa shape index (κ2) is 4.25. The van der Waals surface area contributed by atoms with Crippen molar-refractivity contribution in [3.63, 3.8) is 0 Å². The molecule has 1 N–H and O–H groups in total. The monoisotopic (exact) mass is 296 g/mol. The van der Waals surface area contributed by atoms with Gasteiger partial charge in [0, 0.05) is 11.5 Å². The third kappa shape index (κ3) is 2.05. The van der Waals surface area contributed by atoms with Crippen LogP contribution in [0.4, 0.5) is 0 Å². The maximum atomic E-state index is 11.1. The van der Waals surface area contributed by atoms with E-state index in [1.54, 1.807) is 12.1 Å². The molecule has 0 aliphatic carbocycles. The van der Waals surface area contributed by atoms with Crippen molar-refractivity contribution in [2.45, 2.75) is 6.92 Å². The fourth-order valence-electron chi connectivity index (χ4n) is 1.45. The molecule has 2 heterocycles. The highest BCUT2D eigenvalue weighted by Gasteiger charge is 2.20. The molecule has 0 amide bonds. The van der Waals surface area contributed by atoms with Crippen LogP contribution in [0.15, 0.2) is 16.6 Å². The summed E-state index contributed by atoms with van der Waals surface area (Å²) in [5.41, 5.74) is 1.57. The highest BCUT2D eigenvalue weighted by atomic mass is 79.9. The largest absolute Gasteiger partial charge is 0.476 e. The maximum absolute atomic E-state index is 11.1. The number of carbonyl (C=O) groups is 1. The van der Waals surface area contributed by atoms with Gasteiger partial charge in [-0.15, -0.1) is 5.10 Å². The lowest BCUT2D eigenvalue weighted by molar-refractivity contribution is 0.0686. The molecule has 0 aliphatic heterocycles. The Labute approximate surface area is 105 Å². The number of aromatic nitrogens is 4. The molecule has 0 bridgehead atoms. The first-order valence-corrected chi connectivity index (χ1v) is 5.56. The van der Waals surface area contributed by atoms with Crippen LogP contribution in [0, 0.1) is 6.92 Å². The average Bonchev–Trinajstić information content (AvgIpc) is 2.64. The second-order valence-electron chi connectivity index (χ2n) is 3.48. The standard InChI is InChI=1S/C10H9BrN4O2/c1-5-6(11)3-4-7(12-5)8-9(10(16)17)15(2)14-13-8/h3-4H,1-2H3,(H,16,17). The fourth-order valence-corrected chi connectivity index (χ4v) is 1.67. The molecule has 2 aromatic rings. The predicted molar refractivity (Wildman–Crippen MR) is 63.6 cm³/mol. The quantitative estimate of drug-likeness (QED) is 0.911.